The number of fused-ring (bicyclic) bond motifs is 1. The van der Waals surface area contributed by atoms with Crippen molar-refractivity contribution in [1.82, 2.24) is 24.6 Å². The summed E-state index contributed by atoms with van der Waals surface area (Å²) in [5, 5.41) is 5.84. The Morgan fingerprint density at radius 2 is 1.79 bits per heavy atom. The monoisotopic (exact) mass is 401 g/mol. The van der Waals surface area contributed by atoms with Crippen LogP contribution in [0.3, 0.4) is 0 Å². The lowest BCUT2D eigenvalue weighted by Crippen LogP contribution is -2.45. The summed E-state index contributed by atoms with van der Waals surface area (Å²) in [5.41, 5.74) is 4.07. The number of pyridine rings is 1. The van der Waals surface area contributed by atoms with E-state index in [0.29, 0.717) is 5.39 Å². The molecule has 28 heavy (non-hydrogen) atoms. The van der Waals surface area contributed by atoms with Gasteiger partial charge in [-0.2, -0.15) is 5.10 Å². The Kier molecular flexibility index (Phi) is 5.62. The largest absolute Gasteiger partial charge is 0.296 e. The molecule has 0 saturated carbocycles. The fourth-order valence-corrected chi connectivity index (χ4v) is 4.14. The Bertz CT molecular complexity index is 978. The molecule has 0 spiro atoms. The number of rotatable bonds is 5. The maximum absolute atomic E-state index is 14.0. The highest BCUT2D eigenvalue weighted by molar-refractivity contribution is 6.30. The van der Waals surface area contributed by atoms with Gasteiger partial charge < -0.3 is 0 Å². The van der Waals surface area contributed by atoms with Crippen LogP contribution in [-0.4, -0.2) is 50.7 Å². The van der Waals surface area contributed by atoms with Crippen LogP contribution >= 0.6 is 11.6 Å². The average Bonchev–Trinajstić information content (AvgIpc) is 2.99. The molecule has 3 aromatic rings. The molecule has 1 aromatic carbocycles. The molecule has 1 saturated heterocycles. The molecule has 0 radical (unpaired) electrons. The van der Waals surface area contributed by atoms with Gasteiger partial charge in [-0.15, -0.1) is 0 Å². The van der Waals surface area contributed by atoms with Crippen molar-refractivity contribution in [2.75, 3.05) is 26.2 Å². The molecule has 0 amide bonds. The lowest BCUT2D eigenvalue weighted by atomic mass is 10.1. The standard InChI is InChI=1S/C21H25ClFN5/c1-3-19-17(21(22)26(2)25-19)14-28-11-9-27(10-12-28)13-15-6-7-18(23)16-5-4-8-24-20(15)16/h4-8H,3,9-14H2,1-2H3. The predicted octanol–water partition coefficient (Wildman–Crippen LogP) is 3.64. The van der Waals surface area contributed by atoms with Gasteiger partial charge in [0.2, 0.25) is 0 Å². The molecule has 7 heteroatoms. The molecule has 3 heterocycles. The van der Waals surface area contributed by atoms with Crippen molar-refractivity contribution < 1.29 is 4.39 Å². The minimum atomic E-state index is -0.211. The second-order valence-electron chi connectivity index (χ2n) is 7.35. The molecular weight excluding hydrogens is 377 g/mol. The number of nitrogens with zero attached hydrogens (tertiary/aromatic N) is 5. The number of aryl methyl sites for hydroxylation is 2. The molecule has 0 unspecified atom stereocenters. The van der Waals surface area contributed by atoms with E-state index < -0.39 is 0 Å². The molecule has 1 aliphatic heterocycles. The summed E-state index contributed by atoms with van der Waals surface area (Å²) >= 11 is 6.44. The van der Waals surface area contributed by atoms with Crippen LogP contribution in [0, 0.1) is 5.82 Å². The third-order valence-electron chi connectivity index (χ3n) is 5.53. The summed E-state index contributed by atoms with van der Waals surface area (Å²) < 4.78 is 15.8. The highest BCUT2D eigenvalue weighted by Gasteiger charge is 2.22. The third-order valence-corrected chi connectivity index (χ3v) is 6.00. The van der Waals surface area contributed by atoms with Crippen molar-refractivity contribution in [3.8, 4) is 0 Å². The van der Waals surface area contributed by atoms with Crippen LogP contribution < -0.4 is 0 Å². The third kappa shape index (κ3) is 3.77. The van der Waals surface area contributed by atoms with Gasteiger partial charge in [-0.3, -0.25) is 19.5 Å². The van der Waals surface area contributed by atoms with E-state index in [-0.39, 0.29) is 5.82 Å². The molecular formula is C21H25ClFN5. The molecule has 2 aromatic heterocycles. The normalized spacial score (nSPS) is 16.1. The number of hydrogen-bond acceptors (Lipinski definition) is 4. The molecule has 0 aliphatic carbocycles. The Labute approximate surface area is 169 Å². The van der Waals surface area contributed by atoms with E-state index in [2.05, 4.69) is 26.8 Å². The van der Waals surface area contributed by atoms with E-state index in [1.165, 1.54) is 0 Å². The van der Waals surface area contributed by atoms with Gasteiger partial charge in [0.15, 0.2) is 0 Å². The predicted molar refractivity (Wildman–Crippen MR) is 110 cm³/mol. The average molecular weight is 402 g/mol. The summed E-state index contributed by atoms with van der Waals surface area (Å²) in [6, 6.07) is 6.98. The molecule has 5 nitrogen and oxygen atoms in total. The van der Waals surface area contributed by atoms with E-state index in [0.717, 1.165) is 73.2 Å². The van der Waals surface area contributed by atoms with Gasteiger partial charge in [0.05, 0.1) is 11.2 Å². The quantitative estimate of drug-likeness (QED) is 0.654. The van der Waals surface area contributed by atoms with Crippen LogP contribution in [0.4, 0.5) is 4.39 Å². The lowest BCUT2D eigenvalue weighted by Gasteiger charge is -2.34. The van der Waals surface area contributed by atoms with Gasteiger partial charge in [-0.25, -0.2) is 4.39 Å². The van der Waals surface area contributed by atoms with Gasteiger partial charge in [0.25, 0.3) is 0 Å². The van der Waals surface area contributed by atoms with Gasteiger partial charge in [-0.05, 0) is 30.2 Å². The number of benzene rings is 1. The minimum Gasteiger partial charge on any atom is -0.296 e. The topological polar surface area (TPSA) is 37.2 Å². The summed E-state index contributed by atoms with van der Waals surface area (Å²) in [5.74, 6) is -0.211. The Balaban J connectivity index is 1.41. The van der Waals surface area contributed by atoms with Gasteiger partial charge in [-0.1, -0.05) is 24.6 Å². The number of piperazine rings is 1. The van der Waals surface area contributed by atoms with Crippen LogP contribution in [0.5, 0.6) is 0 Å². The first-order valence-corrected chi connectivity index (χ1v) is 10.1. The van der Waals surface area contributed by atoms with Gasteiger partial charge in [0.1, 0.15) is 11.0 Å². The van der Waals surface area contributed by atoms with Crippen LogP contribution in [0.15, 0.2) is 30.5 Å². The van der Waals surface area contributed by atoms with Crippen molar-refractivity contribution in [2.24, 2.45) is 7.05 Å². The highest BCUT2D eigenvalue weighted by Crippen LogP contribution is 2.24. The van der Waals surface area contributed by atoms with Crippen LogP contribution in [0.2, 0.25) is 5.15 Å². The SMILES string of the molecule is CCc1nn(C)c(Cl)c1CN1CCN(Cc2ccc(F)c3cccnc23)CC1. The van der Waals surface area contributed by atoms with Crippen LogP contribution in [0.1, 0.15) is 23.7 Å². The van der Waals surface area contributed by atoms with Crippen molar-refractivity contribution >= 4 is 22.5 Å². The number of hydrogen-bond donors (Lipinski definition) is 0. The fourth-order valence-electron chi connectivity index (χ4n) is 3.93. The second kappa shape index (κ2) is 8.15. The summed E-state index contributed by atoms with van der Waals surface area (Å²) in [7, 11) is 1.89. The lowest BCUT2D eigenvalue weighted by molar-refractivity contribution is 0.122. The first-order valence-electron chi connectivity index (χ1n) is 9.74. The Hall–Kier alpha value is -2.02. The van der Waals surface area contributed by atoms with E-state index in [4.69, 9.17) is 11.6 Å². The summed E-state index contributed by atoms with van der Waals surface area (Å²) in [6.07, 6.45) is 2.62. The van der Waals surface area contributed by atoms with Crippen molar-refractivity contribution in [3.63, 3.8) is 0 Å². The fraction of sp³-hybridized carbons (Fsp3) is 0.429. The molecule has 148 valence electrons. The molecule has 1 aliphatic rings. The van der Waals surface area contributed by atoms with Crippen LogP contribution in [0.25, 0.3) is 10.9 Å². The summed E-state index contributed by atoms with van der Waals surface area (Å²) in [6.45, 7) is 7.61. The highest BCUT2D eigenvalue weighted by atomic mass is 35.5. The first-order chi connectivity index (χ1) is 13.6. The Morgan fingerprint density at radius 3 is 2.50 bits per heavy atom. The maximum atomic E-state index is 14.0. The second-order valence-corrected chi connectivity index (χ2v) is 7.71. The zero-order valence-electron chi connectivity index (χ0n) is 16.3. The van der Waals surface area contributed by atoms with Crippen molar-refractivity contribution in [2.45, 2.75) is 26.4 Å². The van der Waals surface area contributed by atoms with Gasteiger partial charge in [0, 0.05) is 63.5 Å². The molecule has 0 bridgehead atoms. The van der Waals surface area contributed by atoms with Crippen LogP contribution in [-0.2, 0) is 26.6 Å². The molecule has 1 fully saturated rings. The smallest absolute Gasteiger partial charge is 0.132 e. The molecule has 4 rings (SSSR count). The van der Waals surface area contributed by atoms with E-state index >= 15 is 0 Å². The van der Waals surface area contributed by atoms with E-state index in [1.807, 2.05) is 13.1 Å². The van der Waals surface area contributed by atoms with Crippen molar-refractivity contribution in [1.29, 1.82) is 0 Å². The molecule has 0 atom stereocenters. The minimum absolute atomic E-state index is 0.211. The number of aromatic nitrogens is 3. The first kappa shape index (κ1) is 19.3. The summed E-state index contributed by atoms with van der Waals surface area (Å²) in [4.78, 5) is 9.24. The van der Waals surface area contributed by atoms with E-state index in [9.17, 15) is 4.39 Å². The zero-order chi connectivity index (χ0) is 19.7. The van der Waals surface area contributed by atoms with Crippen molar-refractivity contribution in [3.05, 3.63) is 58.3 Å². The van der Waals surface area contributed by atoms with E-state index in [1.54, 1.807) is 29.1 Å². The number of halogens is 2. The molecule has 0 N–H and O–H groups in total. The maximum Gasteiger partial charge on any atom is 0.132 e. The Morgan fingerprint density at radius 1 is 1.07 bits per heavy atom. The zero-order valence-corrected chi connectivity index (χ0v) is 17.1. The van der Waals surface area contributed by atoms with Gasteiger partial charge >= 0.3 is 0 Å².